The van der Waals surface area contributed by atoms with Crippen molar-refractivity contribution in [3.8, 4) is 11.8 Å². The zero-order valence-electron chi connectivity index (χ0n) is 10.3. The van der Waals surface area contributed by atoms with Crippen LogP contribution in [0.15, 0.2) is 18.2 Å². The number of benzene rings is 1. The molecule has 0 aliphatic rings. The summed E-state index contributed by atoms with van der Waals surface area (Å²) in [4.78, 5) is 0. The molecule has 0 heterocycles. The van der Waals surface area contributed by atoms with Crippen LogP contribution in [0.3, 0.4) is 0 Å². The van der Waals surface area contributed by atoms with E-state index in [0.717, 1.165) is 12.1 Å². The van der Waals surface area contributed by atoms with Gasteiger partial charge in [0.2, 0.25) is 10.0 Å². The first-order valence-corrected chi connectivity index (χ1v) is 7.02. The molecule has 0 saturated carbocycles. The molecular weight excluding hydrogens is 273 g/mol. The number of nitrogens with one attached hydrogen (secondary N) is 1. The average molecular weight is 287 g/mol. The summed E-state index contributed by atoms with van der Waals surface area (Å²) in [7, 11) is -2.19. The number of sulfonamides is 1. The molecule has 0 atom stereocenters. The SMILES string of the molecule is COCCS(=O)(=O)Nc1ccc(F)cc1C#CCO. The maximum atomic E-state index is 13.1. The van der Waals surface area contributed by atoms with Gasteiger partial charge in [0.05, 0.1) is 23.6 Å². The summed E-state index contributed by atoms with van der Waals surface area (Å²) in [6.07, 6.45) is 0. The van der Waals surface area contributed by atoms with E-state index < -0.39 is 22.4 Å². The van der Waals surface area contributed by atoms with Crippen LogP contribution in [-0.2, 0) is 14.8 Å². The summed E-state index contributed by atoms with van der Waals surface area (Å²) in [5.41, 5.74) is 0.327. The second-order valence-corrected chi connectivity index (χ2v) is 5.41. The molecule has 1 aromatic rings. The zero-order chi connectivity index (χ0) is 14.3. The minimum absolute atomic E-state index is 0.0498. The smallest absolute Gasteiger partial charge is 0.235 e. The molecule has 0 unspecified atom stereocenters. The maximum Gasteiger partial charge on any atom is 0.235 e. The van der Waals surface area contributed by atoms with Crippen molar-refractivity contribution in [2.75, 3.05) is 30.8 Å². The molecule has 5 nitrogen and oxygen atoms in total. The number of halogens is 1. The van der Waals surface area contributed by atoms with E-state index in [0.29, 0.717) is 0 Å². The molecule has 7 heteroatoms. The van der Waals surface area contributed by atoms with Crippen molar-refractivity contribution in [2.45, 2.75) is 0 Å². The van der Waals surface area contributed by atoms with Crippen molar-refractivity contribution in [1.29, 1.82) is 0 Å². The number of hydrogen-bond acceptors (Lipinski definition) is 4. The predicted octanol–water partition coefficient (Wildman–Crippen LogP) is 0.558. The summed E-state index contributed by atoms with van der Waals surface area (Å²) in [6.45, 7) is -0.347. The van der Waals surface area contributed by atoms with Gasteiger partial charge < -0.3 is 9.84 Å². The fourth-order valence-corrected chi connectivity index (χ4v) is 2.26. The number of methoxy groups -OCH3 is 1. The highest BCUT2D eigenvalue weighted by atomic mass is 32.2. The number of ether oxygens (including phenoxy) is 1. The summed E-state index contributed by atoms with van der Waals surface area (Å²) < 4.78 is 43.4. The van der Waals surface area contributed by atoms with Gasteiger partial charge in [0, 0.05) is 7.11 Å². The summed E-state index contributed by atoms with van der Waals surface area (Å²) in [5, 5.41) is 8.61. The van der Waals surface area contributed by atoms with Crippen molar-refractivity contribution in [1.82, 2.24) is 0 Å². The Balaban J connectivity index is 3.00. The molecule has 0 aromatic heterocycles. The predicted molar refractivity (Wildman–Crippen MR) is 69.6 cm³/mol. The summed E-state index contributed by atoms with van der Waals surface area (Å²) >= 11 is 0. The normalized spacial score (nSPS) is 10.7. The van der Waals surface area contributed by atoms with Crippen LogP contribution in [0.4, 0.5) is 10.1 Å². The number of anilines is 1. The highest BCUT2D eigenvalue weighted by Gasteiger charge is 2.12. The van der Waals surface area contributed by atoms with Gasteiger partial charge >= 0.3 is 0 Å². The molecule has 2 N–H and O–H groups in total. The van der Waals surface area contributed by atoms with Gasteiger partial charge in [-0.2, -0.15) is 0 Å². The summed E-state index contributed by atoms with van der Waals surface area (Å²) in [5.74, 6) is 4.07. The van der Waals surface area contributed by atoms with Gasteiger partial charge in [0.25, 0.3) is 0 Å². The van der Waals surface area contributed by atoms with Gasteiger partial charge in [-0.25, -0.2) is 12.8 Å². The van der Waals surface area contributed by atoms with Gasteiger partial charge in [0.1, 0.15) is 12.4 Å². The van der Waals surface area contributed by atoms with Crippen LogP contribution in [-0.4, -0.2) is 39.6 Å². The molecule has 0 spiro atoms. The van der Waals surface area contributed by atoms with Crippen LogP contribution in [0.2, 0.25) is 0 Å². The topological polar surface area (TPSA) is 75.6 Å². The van der Waals surface area contributed by atoms with Gasteiger partial charge in [-0.15, -0.1) is 0 Å². The van der Waals surface area contributed by atoms with E-state index in [4.69, 9.17) is 5.11 Å². The molecule has 0 amide bonds. The maximum absolute atomic E-state index is 13.1. The number of rotatable bonds is 5. The number of hydrogen-bond donors (Lipinski definition) is 2. The molecular formula is C12H14FNO4S. The quantitative estimate of drug-likeness (QED) is 0.776. The Bertz CT molecular complexity index is 589. The lowest BCUT2D eigenvalue weighted by atomic mass is 10.2. The zero-order valence-corrected chi connectivity index (χ0v) is 11.1. The van der Waals surface area contributed by atoms with Gasteiger partial charge in [-0.05, 0) is 18.2 Å². The first-order valence-electron chi connectivity index (χ1n) is 5.37. The lowest BCUT2D eigenvalue weighted by Crippen LogP contribution is -2.20. The van der Waals surface area contributed by atoms with Crippen LogP contribution >= 0.6 is 0 Å². The van der Waals surface area contributed by atoms with Gasteiger partial charge in [-0.1, -0.05) is 11.8 Å². The molecule has 0 aliphatic carbocycles. The summed E-state index contributed by atoms with van der Waals surface area (Å²) in [6, 6.07) is 3.50. The van der Waals surface area contributed by atoms with Gasteiger partial charge in [-0.3, -0.25) is 4.72 Å². The Hall–Kier alpha value is -1.62. The fourth-order valence-electron chi connectivity index (χ4n) is 1.26. The minimum Gasteiger partial charge on any atom is -0.384 e. The van der Waals surface area contributed by atoms with Crippen molar-refractivity contribution in [2.24, 2.45) is 0 Å². The first kappa shape index (κ1) is 15.4. The molecule has 0 radical (unpaired) electrons. The lowest BCUT2D eigenvalue weighted by Gasteiger charge is -2.09. The Kier molecular flexibility index (Phi) is 5.76. The van der Waals surface area contributed by atoms with E-state index in [1.807, 2.05) is 0 Å². The molecule has 19 heavy (non-hydrogen) atoms. The van der Waals surface area contributed by atoms with Crippen molar-refractivity contribution < 1.29 is 22.7 Å². The first-order chi connectivity index (χ1) is 8.98. The molecule has 1 aromatic carbocycles. The highest BCUT2D eigenvalue weighted by molar-refractivity contribution is 7.92. The number of aliphatic hydroxyl groups excluding tert-OH is 1. The third kappa shape index (κ3) is 5.26. The van der Waals surface area contributed by atoms with Crippen LogP contribution in [0.1, 0.15) is 5.56 Å². The van der Waals surface area contributed by atoms with Crippen molar-refractivity contribution in [3.63, 3.8) is 0 Å². The van der Waals surface area contributed by atoms with Crippen LogP contribution in [0, 0.1) is 17.7 Å². The minimum atomic E-state index is -3.58. The third-order valence-corrected chi connectivity index (χ3v) is 3.34. The largest absolute Gasteiger partial charge is 0.384 e. The Morgan fingerprint density at radius 1 is 1.47 bits per heavy atom. The lowest BCUT2D eigenvalue weighted by molar-refractivity contribution is 0.217. The second-order valence-electron chi connectivity index (χ2n) is 3.56. The molecule has 0 fully saturated rings. The molecule has 0 saturated heterocycles. The van der Waals surface area contributed by atoms with E-state index in [-0.39, 0.29) is 23.6 Å². The molecule has 1 rings (SSSR count). The van der Waals surface area contributed by atoms with Crippen LogP contribution < -0.4 is 4.72 Å². The highest BCUT2D eigenvalue weighted by Crippen LogP contribution is 2.17. The molecule has 0 bridgehead atoms. The Morgan fingerprint density at radius 3 is 2.84 bits per heavy atom. The van der Waals surface area contributed by atoms with Crippen molar-refractivity contribution >= 4 is 15.7 Å². The molecule has 104 valence electrons. The average Bonchev–Trinajstić information content (AvgIpc) is 2.36. The monoisotopic (exact) mass is 287 g/mol. The Morgan fingerprint density at radius 2 is 2.21 bits per heavy atom. The Labute approximate surface area is 111 Å². The van der Waals surface area contributed by atoms with Crippen LogP contribution in [0.5, 0.6) is 0 Å². The number of aliphatic hydroxyl groups is 1. The standard InChI is InChI=1S/C12H14FNO4S/c1-18-7-8-19(16,17)14-12-5-4-11(13)9-10(12)3-2-6-15/h4-5,9,14-15H,6-8H2,1H3. The fraction of sp³-hybridized carbons (Fsp3) is 0.333. The van der Waals surface area contributed by atoms with E-state index in [1.54, 1.807) is 0 Å². The van der Waals surface area contributed by atoms with Crippen molar-refractivity contribution in [3.05, 3.63) is 29.6 Å². The second kappa shape index (κ2) is 7.09. The van der Waals surface area contributed by atoms with E-state index in [1.165, 1.54) is 13.2 Å². The van der Waals surface area contributed by atoms with E-state index >= 15 is 0 Å². The van der Waals surface area contributed by atoms with Gasteiger partial charge in [0.15, 0.2) is 0 Å². The van der Waals surface area contributed by atoms with E-state index in [9.17, 15) is 12.8 Å². The third-order valence-electron chi connectivity index (χ3n) is 2.11. The van der Waals surface area contributed by atoms with Crippen LogP contribution in [0.25, 0.3) is 0 Å². The van der Waals surface area contributed by atoms with E-state index in [2.05, 4.69) is 21.3 Å². The molecule has 0 aliphatic heterocycles.